The maximum Gasteiger partial charge on any atom is 0.406 e. The molecule has 2 rings (SSSR count). The van der Waals surface area contributed by atoms with Crippen LogP contribution in [-0.4, -0.2) is 68.7 Å². The van der Waals surface area contributed by atoms with Crippen molar-refractivity contribution in [3.8, 4) is 5.75 Å². The smallest absolute Gasteiger partial charge is 0.406 e. The highest BCUT2D eigenvalue weighted by Gasteiger charge is 2.15. The zero-order chi connectivity index (χ0) is 22.5. The Morgan fingerprint density at radius 1 is 1.06 bits per heavy atom. The minimum Gasteiger partial charge on any atom is -0.489 e. The molecule has 0 atom stereocenters. The summed E-state index contributed by atoms with van der Waals surface area (Å²) in [7, 11) is 1.48. The first-order valence-corrected chi connectivity index (χ1v) is 10.1. The second kappa shape index (κ2) is 13.4. The number of anilines is 2. The van der Waals surface area contributed by atoms with E-state index in [9.17, 15) is 9.59 Å². The van der Waals surface area contributed by atoms with Crippen LogP contribution in [0.1, 0.15) is 10.5 Å². The monoisotopic (exact) mass is 497 g/mol. The first-order valence-electron chi connectivity index (χ1n) is 9.32. The highest BCUT2D eigenvalue weighted by atomic mass is 79.9. The summed E-state index contributed by atoms with van der Waals surface area (Å²) >= 11 is 3.17. The fraction of sp³-hybridized carbons (Fsp3) is 0.368. The first kappa shape index (κ1) is 24.3. The Balaban J connectivity index is 1.70. The maximum absolute atomic E-state index is 12.5. The van der Waals surface area contributed by atoms with Gasteiger partial charge in [-0.15, -0.1) is 0 Å². The number of carbonyl (C=O) groups excluding carboxylic acids is 2. The van der Waals surface area contributed by atoms with Gasteiger partial charge in [0.15, 0.2) is 11.5 Å². The Kier molecular flexibility index (Phi) is 10.5. The summed E-state index contributed by atoms with van der Waals surface area (Å²) in [5.74, 6) is -0.00497. The van der Waals surface area contributed by atoms with Gasteiger partial charge in [0.25, 0.3) is 5.91 Å². The Labute approximate surface area is 187 Å². The fourth-order valence-corrected chi connectivity index (χ4v) is 2.50. The summed E-state index contributed by atoms with van der Waals surface area (Å²) in [5.41, 5.74) is 6.20. The van der Waals surface area contributed by atoms with Crippen molar-refractivity contribution in [3.63, 3.8) is 0 Å². The fourth-order valence-electron chi connectivity index (χ4n) is 2.22. The number of halogens is 1. The molecule has 0 spiro atoms. The van der Waals surface area contributed by atoms with Crippen molar-refractivity contribution in [3.05, 3.63) is 40.8 Å². The van der Waals surface area contributed by atoms with Crippen LogP contribution in [0.3, 0.4) is 0 Å². The number of carbonyl (C=O) groups is 2. The second-order valence-electron chi connectivity index (χ2n) is 5.84. The number of rotatable bonds is 12. The third-order valence-corrected chi connectivity index (χ3v) is 4.03. The zero-order valence-corrected chi connectivity index (χ0v) is 18.5. The number of nitrogens with one attached hydrogen (secondary N) is 2. The summed E-state index contributed by atoms with van der Waals surface area (Å²) in [6.07, 6.45) is 0.911. The molecule has 0 fully saturated rings. The van der Waals surface area contributed by atoms with Crippen LogP contribution in [0.15, 0.2) is 35.1 Å². The van der Waals surface area contributed by atoms with Crippen LogP contribution in [0, 0.1) is 0 Å². The minimum atomic E-state index is -0.504. The van der Waals surface area contributed by atoms with E-state index in [4.69, 9.17) is 24.7 Å². The van der Waals surface area contributed by atoms with Crippen LogP contribution in [0.5, 0.6) is 5.75 Å². The van der Waals surface area contributed by atoms with E-state index in [1.807, 2.05) is 0 Å². The van der Waals surface area contributed by atoms with Crippen molar-refractivity contribution >= 4 is 39.4 Å². The van der Waals surface area contributed by atoms with Gasteiger partial charge in [-0.2, -0.15) is 0 Å². The lowest BCUT2D eigenvalue weighted by molar-refractivity contribution is 0.0211. The van der Waals surface area contributed by atoms with E-state index in [0.717, 1.165) is 0 Å². The Hall–Kier alpha value is -2.96. The number of nitrogens with two attached hydrogens (primary N) is 1. The van der Waals surface area contributed by atoms with Gasteiger partial charge in [-0.1, -0.05) is 12.1 Å². The molecule has 12 heteroatoms. The molecule has 0 aliphatic heterocycles. The molecule has 0 unspecified atom stereocenters. The van der Waals surface area contributed by atoms with Crippen LogP contribution < -0.4 is 21.1 Å². The molecule has 0 saturated carbocycles. The highest BCUT2D eigenvalue weighted by molar-refractivity contribution is 9.10. The van der Waals surface area contributed by atoms with E-state index in [0.29, 0.717) is 35.9 Å². The molecule has 1 aromatic carbocycles. The van der Waals surface area contributed by atoms with Crippen molar-refractivity contribution in [1.82, 2.24) is 15.3 Å². The number of amides is 2. The molecule has 4 N–H and O–H groups in total. The molecule has 1 heterocycles. The van der Waals surface area contributed by atoms with Crippen LogP contribution in [0.4, 0.5) is 16.3 Å². The molecule has 11 nitrogen and oxygen atoms in total. The van der Waals surface area contributed by atoms with Gasteiger partial charge in [0.2, 0.25) is 0 Å². The van der Waals surface area contributed by atoms with E-state index in [1.165, 1.54) is 13.2 Å². The van der Waals surface area contributed by atoms with Gasteiger partial charge < -0.3 is 35.3 Å². The molecule has 0 saturated heterocycles. The summed E-state index contributed by atoms with van der Waals surface area (Å²) < 4.78 is 21.6. The number of aromatic nitrogens is 2. The second-order valence-corrected chi connectivity index (χ2v) is 6.65. The van der Waals surface area contributed by atoms with Gasteiger partial charge in [-0.05, 0) is 28.1 Å². The van der Waals surface area contributed by atoms with Crippen LogP contribution >= 0.6 is 15.9 Å². The molecular weight excluding hydrogens is 474 g/mol. The van der Waals surface area contributed by atoms with Gasteiger partial charge in [0.1, 0.15) is 23.6 Å². The van der Waals surface area contributed by atoms with Crippen molar-refractivity contribution in [2.45, 2.75) is 0 Å². The highest BCUT2D eigenvalue weighted by Crippen LogP contribution is 2.24. The average molecular weight is 498 g/mol. The summed E-state index contributed by atoms with van der Waals surface area (Å²) in [5, 5.41) is 5.06. The SMILES string of the molecule is CNC(=O)OCCOCCOCCOc1ccccc1NC(=O)c1nc(Br)cnc1N. The number of hydrogen-bond acceptors (Lipinski definition) is 9. The van der Waals surface area contributed by atoms with E-state index >= 15 is 0 Å². The van der Waals surface area contributed by atoms with E-state index in [2.05, 4.69) is 36.5 Å². The van der Waals surface area contributed by atoms with E-state index in [-0.39, 0.29) is 31.3 Å². The summed E-state index contributed by atoms with van der Waals surface area (Å²) in [4.78, 5) is 31.3. The lowest BCUT2D eigenvalue weighted by Crippen LogP contribution is -2.21. The first-order chi connectivity index (χ1) is 15.0. The number of benzene rings is 1. The third kappa shape index (κ3) is 8.74. The molecule has 168 valence electrons. The zero-order valence-electron chi connectivity index (χ0n) is 16.9. The molecule has 0 aliphatic rings. The van der Waals surface area contributed by atoms with Crippen molar-refractivity contribution in [1.29, 1.82) is 0 Å². The van der Waals surface area contributed by atoms with E-state index in [1.54, 1.807) is 24.3 Å². The predicted molar refractivity (Wildman–Crippen MR) is 116 cm³/mol. The maximum atomic E-state index is 12.5. The topological polar surface area (TPSA) is 147 Å². The predicted octanol–water partition coefficient (Wildman–Crippen LogP) is 1.84. The van der Waals surface area contributed by atoms with Crippen LogP contribution in [0.2, 0.25) is 0 Å². The summed E-state index contributed by atoms with van der Waals surface area (Å²) in [6.45, 7) is 1.77. The van der Waals surface area contributed by atoms with Crippen LogP contribution in [0.25, 0.3) is 0 Å². The molecule has 0 aliphatic carbocycles. The normalized spacial score (nSPS) is 10.4. The number of nitrogen functional groups attached to an aromatic ring is 1. The lowest BCUT2D eigenvalue weighted by Gasteiger charge is -2.13. The lowest BCUT2D eigenvalue weighted by atomic mass is 10.2. The third-order valence-electron chi connectivity index (χ3n) is 3.64. The minimum absolute atomic E-state index is 0.00762. The van der Waals surface area contributed by atoms with Gasteiger partial charge in [0, 0.05) is 7.05 Å². The quantitative estimate of drug-likeness (QED) is 0.373. The van der Waals surface area contributed by atoms with Crippen LogP contribution in [-0.2, 0) is 14.2 Å². The van der Waals surface area contributed by atoms with E-state index < -0.39 is 12.0 Å². The Morgan fingerprint density at radius 2 is 1.74 bits per heavy atom. The molecule has 2 amide bonds. The van der Waals surface area contributed by atoms with Gasteiger partial charge in [-0.3, -0.25) is 4.79 Å². The van der Waals surface area contributed by atoms with Gasteiger partial charge in [-0.25, -0.2) is 14.8 Å². The van der Waals surface area contributed by atoms with Crippen molar-refractivity contribution in [2.24, 2.45) is 0 Å². The molecule has 31 heavy (non-hydrogen) atoms. The standard InChI is InChI=1S/C19H24BrN5O6/c1-22-19(27)31-11-9-29-7-6-28-8-10-30-14-5-3-2-4-13(14)24-18(26)16-17(21)23-12-15(20)25-16/h2-5,12H,6-11H2,1H3,(H2,21,23)(H,22,27)(H,24,26). The molecule has 0 bridgehead atoms. The number of para-hydroxylation sites is 2. The number of alkyl carbamates (subject to hydrolysis) is 1. The summed E-state index contributed by atoms with van der Waals surface area (Å²) in [6, 6.07) is 6.97. The number of hydrogen-bond donors (Lipinski definition) is 3. The Bertz CT molecular complexity index is 869. The Morgan fingerprint density at radius 3 is 2.48 bits per heavy atom. The molecular formula is C19H24BrN5O6. The van der Waals surface area contributed by atoms with Crippen molar-refractivity contribution < 1.29 is 28.5 Å². The van der Waals surface area contributed by atoms with Crippen molar-refractivity contribution in [2.75, 3.05) is 57.7 Å². The number of ether oxygens (including phenoxy) is 4. The van der Waals surface area contributed by atoms with Gasteiger partial charge >= 0.3 is 6.09 Å². The average Bonchev–Trinajstić information content (AvgIpc) is 2.77. The molecule has 0 radical (unpaired) electrons. The van der Waals surface area contributed by atoms with Gasteiger partial charge in [0.05, 0.1) is 38.3 Å². The molecule has 1 aromatic heterocycles. The molecule has 2 aromatic rings. The number of nitrogens with zero attached hydrogens (tertiary/aromatic N) is 2. The largest absolute Gasteiger partial charge is 0.489 e.